The molecule has 4 nitrogen and oxygen atoms in total. The predicted octanol–water partition coefficient (Wildman–Crippen LogP) is 1.93. The summed E-state index contributed by atoms with van der Waals surface area (Å²) in [4.78, 5) is 14.3. The molecule has 0 aromatic heterocycles. The van der Waals surface area contributed by atoms with Crippen LogP contribution in [0.4, 0.5) is 0 Å². The second-order valence-corrected chi connectivity index (χ2v) is 3.01. The first-order valence-corrected chi connectivity index (χ1v) is 4.84. The molecule has 0 saturated heterocycles. The number of carbonyl (C=O) groups is 1. The van der Waals surface area contributed by atoms with Crippen molar-refractivity contribution in [2.24, 2.45) is 0 Å². The van der Waals surface area contributed by atoms with Crippen LogP contribution in [0.25, 0.3) is 11.1 Å². The van der Waals surface area contributed by atoms with Gasteiger partial charge in [0.05, 0.1) is 12.2 Å². The Hall–Kier alpha value is -2.19. The van der Waals surface area contributed by atoms with Crippen molar-refractivity contribution in [2.75, 3.05) is 6.61 Å². The lowest BCUT2D eigenvalue weighted by atomic mass is 10.0. The maximum atomic E-state index is 11.4. The van der Waals surface area contributed by atoms with Gasteiger partial charge in [0.2, 0.25) is 0 Å². The lowest BCUT2D eigenvalue weighted by Crippen LogP contribution is -2.19. The second kappa shape index (κ2) is 5.63. The molecular formula is C12H12N2O2. The van der Waals surface area contributed by atoms with Crippen LogP contribution in [0, 0.1) is 0 Å². The van der Waals surface area contributed by atoms with Crippen LogP contribution in [-0.2, 0) is 9.53 Å². The number of hydrogen-bond donors (Lipinski definition) is 0. The third-order valence-corrected chi connectivity index (χ3v) is 1.98. The van der Waals surface area contributed by atoms with Crippen LogP contribution < -0.4 is 0 Å². The van der Waals surface area contributed by atoms with Gasteiger partial charge in [-0.1, -0.05) is 36.9 Å². The van der Waals surface area contributed by atoms with Gasteiger partial charge in [-0.05, 0) is 12.5 Å². The monoisotopic (exact) mass is 216 g/mol. The van der Waals surface area contributed by atoms with Crippen molar-refractivity contribution in [2.45, 2.75) is 6.92 Å². The van der Waals surface area contributed by atoms with E-state index in [0.29, 0.717) is 11.1 Å². The highest BCUT2D eigenvalue weighted by Crippen LogP contribution is 2.13. The summed E-state index contributed by atoms with van der Waals surface area (Å²) in [7, 11) is 0. The fraction of sp³-hybridized carbons (Fsp3) is 0.167. The second-order valence-electron chi connectivity index (χ2n) is 3.01. The summed E-state index contributed by atoms with van der Waals surface area (Å²) in [6.07, 6.45) is 0. The molecule has 0 aliphatic rings. The number of benzene rings is 1. The van der Waals surface area contributed by atoms with Gasteiger partial charge in [0.25, 0.3) is 0 Å². The standard InChI is InChI=1S/C12H12N2O2/c1-3-16-12(15)11(14-13)9(2)10-7-5-4-6-8-10/h4-8H,2-3H2,1H3. The van der Waals surface area contributed by atoms with Crippen molar-refractivity contribution in [3.05, 3.63) is 48.0 Å². The van der Waals surface area contributed by atoms with Crippen molar-refractivity contribution in [1.29, 1.82) is 0 Å². The molecule has 0 unspecified atom stereocenters. The van der Waals surface area contributed by atoms with E-state index >= 15 is 0 Å². The highest BCUT2D eigenvalue weighted by atomic mass is 16.5. The molecule has 0 amide bonds. The third-order valence-electron chi connectivity index (χ3n) is 1.98. The van der Waals surface area contributed by atoms with Gasteiger partial charge in [0, 0.05) is 0 Å². The first-order chi connectivity index (χ1) is 7.70. The fourth-order valence-electron chi connectivity index (χ4n) is 1.20. The predicted molar refractivity (Wildman–Crippen MR) is 60.7 cm³/mol. The van der Waals surface area contributed by atoms with Crippen LogP contribution in [0.2, 0.25) is 0 Å². The van der Waals surface area contributed by atoms with E-state index in [2.05, 4.69) is 11.4 Å². The topological polar surface area (TPSA) is 62.7 Å². The summed E-state index contributed by atoms with van der Waals surface area (Å²) in [5, 5.41) is 0. The van der Waals surface area contributed by atoms with Crippen molar-refractivity contribution >= 4 is 17.3 Å². The molecule has 0 N–H and O–H groups in total. The smallest absolute Gasteiger partial charge is 0.422 e. The molecule has 0 aliphatic heterocycles. The summed E-state index contributed by atoms with van der Waals surface area (Å²) in [5.74, 6) is -0.682. The van der Waals surface area contributed by atoms with Crippen molar-refractivity contribution in [3.63, 3.8) is 0 Å². The molecule has 1 aromatic rings. The number of esters is 1. The number of nitrogens with zero attached hydrogens (tertiary/aromatic N) is 2. The lowest BCUT2D eigenvalue weighted by molar-refractivity contribution is -0.139. The molecule has 0 heterocycles. The SMILES string of the molecule is C=C(C(=[N+]=[N-])C(=O)OCC)c1ccccc1. The van der Waals surface area contributed by atoms with Crippen molar-refractivity contribution < 1.29 is 14.3 Å². The van der Waals surface area contributed by atoms with E-state index in [1.807, 2.05) is 6.07 Å². The summed E-state index contributed by atoms with van der Waals surface area (Å²) in [6, 6.07) is 9.00. The van der Waals surface area contributed by atoms with Gasteiger partial charge in [-0.2, -0.15) is 4.79 Å². The van der Waals surface area contributed by atoms with Gasteiger partial charge in [-0.3, -0.25) is 0 Å². The molecule has 1 aromatic carbocycles. The minimum atomic E-state index is -0.682. The molecule has 0 saturated carbocycles. The van der Waals surface area contributed by atoms with Gasteiger partial charge in [0.15, 0.2) is 0 Å². The van der Waals surface area contributed by atoms with Crippen LogP contribution in [-0.4, -0.2) is 23.1 Å². The normalized spacial score (nSPS) is 9.06. The van der Waals surface area contributed by atoms with E-state index in [1.54, 1.807) is 31.2 Å². The quantitative estimate of drug-likeness (QED) is 0.334. The Morgan fingerprint density at radius 2 is 2.06 bits per heavy atom. The number of ether oxygens (including phenoxy) is 1. The molecule has 0 bridgehead atoms. The molecule has 4 heteroatoms. The zero-order valence-electron chi connectivity index (χ0n) is 9.01. The van der Waals surface area contributed by atoms with Gasteiger partial charge in [-0.25, -0.2) is 4.79 Å². The van der Waals surface area contributed by atoms with Gasteiger partial charge in [-0.15, -0.1) is 0 Å². The third kappa shape index (κ3) is 2.65. The fourth-order valence-corrected chi connectivity index (χ4v) is 1.20. The first kappa shape index (κ1) is 11.9. The summed E-state index contributed by atoms with van der Waals surface area (Å²) in [5.41, 5.74) is 9.65. The van der Waals surface area contributed by atoms with E-state index in [1.165, 1.54) is 0 Å². The van der Waals surface area contributed by atoms with Gasteiger partial charge >= 0.3 is 11.7 Å². The van der Waals surface area contributed by atoms with Crippen LogP contribution >= 0.6 is 0 Å². The van der Waals surface area contributed by atoms with Crippen LogP contribution in [0.5, 0.6) is 0 Å². The highest BCUT2D eigenvalue weighted by Gasteiger charge is 2.26. The summed E-state index contributed by atoms with van der Waals surface area (Å²) >= 11 is 0. The van der Waals surface area contributed by atoms with Gasteiger partial charge in [0.1, 0.15) is 0 Å². The number of carbonyl (C=O) groups excluding carboxylic acids is 1. The molecule has 0 radical (unpaired) electrons. The zero-order chi connectivity index (χ0) is 12.0. The minimum Gasteiger partial charge on any atom is -0.457 e. The van der Waals surface area contributed by atoms with Gasteiger partial charge < -0.3 is 10.3 Å². The molecule has 82 valence electrons. The average Bonchev–Trinajstić information content (AvgIpc) is 2.31. The van der Waals surface area contributed by atoms with Crippen LogP contribution in [0.1, 0.15) is 12.5 Å². The summed E-state index contributed by atoms with van der Waals surface area (Å²) < 4.78 is 4.75. The molecule has 0 spiro atoms. The molecule has 16 heavy (non-hydrogen) atoms. The maximum Gasteiger partial charge on any atom is 0.422 e. The Kier molecular flexibility index (Phi) is 4.18. The molecular weight excluding hydrogens is 204 g/mol. The zero-order valence-corrected chi connectivity index (χ0v) is 9.01. The maximum absolute atomic E-state index is 11.4. The van der Waals surface area contributed by atoms with Crippen molar-refractivity contribution in [3.8, 4) is 0 Å². The Labute approximate surface area is 93.8 Å². The van der Waals surface area contributed by atoms with Crippen LogP contribution in [0.15, 0.2) is 36.9 Å². The number of hydrogen-bond acceptors (Lipinski definition) is 2. The highest BCUT2D eigenvalue weighted by molar-refractivity contribution is 6.51. The molecule has 1 rings (SSSR count). The largest absolute Gasteiger partial charge is 0.457 e. The lowest BCUT2D eigenvalue weighted by Gasteiger charge is -2.01. The first-order valence-electron chi connectivity index (χ1n) is 4.84. The van der Waals surface area contributed by atoms with E-state index in [9.17, 15) is 4.79 Å². The Bertz CT molecular complexity index is 445. The average molecular weight is 216 g/mol. The van der Waals surface area contributed by atoms with E-state index < -0.39 is 5.97 Å². The Morgan fingerprint density at radius 3 is 2.56 bits per heavy atom. The minimum absolute atomic E-state index is 0.173. The molecule has 0 fully saturated rings. The molecule has 0 aliphatic carbocycles. The van der Waals surface area contributed by atoms with E-state index in [4.69, 9.17) is 10.3 Å². The number of rotatable bonds is 4. The Morgan fingerprint density at radius 1 is 1.44 bits per heavy atom. The van der Waals surface area contributed by atoms with E-state index in [-0.39, 0.29) is 12.3 Å². The molecule has 0 atom stereocenters. The Balaban J connectivity index is 2.96. The van der Waals surface area contributed by atoms with Crippen molar-refractivity contribution in [1.82, 2.24) is 0 Å². The van der Waals surface area contributed by atoms with Crippen LogP contribution in [0.3, 0.4) is 0 Å². The van der Waals surface area contributed by atoms with E-state index in [0.717, 1.165) is 0 Å². The summed E-state index contributed by atoms with van der Waals surface area (Å²) in [6.45, 7) is 5.61.